The van der Waals surface area contributed by atoms with Crippen molar-refractivity contribution >= 4 is 27.8 Å². The van der Waals surface area contributed by atoms with Crippen LogP contribution in [-0.2, 0) is 0 Å². The minimum atomic E-state index is 0.578. The molecule has 0 bridgehead atoms. The van der Waals surface area contributed by atoms with Gasteiger partial charge in [-0.15, -0.1) is 0 Å². The molecule has 0 aliphatic heterocycles. The number of benzene rings is 1. The Kier molecular flexibility index (Phi) is 5.20. The lowest BCUT2D eigenvalue weighted by Gasteiger charge is -2.23. The fraction of sp³-hybridized carbons (Fsp3) is 0.438. The highest BCUT2D eigenvalue weighted by Crippen LogP contribution is 2.36. The first-order valence-electron chi connectivity index (χ1n) is 6.92. The summed E-state index contributed by atoms with van der Waals surface area (Å²) in [4.78, 5) is 4.06. The van der Waals surface area contributed by atoms with Gasteiger partial charge in [-0.2, -0.15) is 0 Å². The molecule has 0 unspecified atom stereocenters. The molecule has 2 N–H and O–H groups in total. The Labute approximate surface area is 123 Å². The van der Waals surface area contributed by atoms with Crippen molar-refractivity contribution in [3.05, 3.63) is 40.0 Å². The van der Waals surface area contributed by atoms with Crippen LogP contribution in [0.15, 0.2) is 33.9 Å². The number of hydrogen-bond acceptors (Lipinski definition) is 1. The molecule has 1 aromatic carbocycles. The topological polar surface area (TPSA) is 38.4 Å². The van der Waals surface area contributed by atoms with Crippen molar-refractivity contribution in [1.29, 1.82) is 0 Å². The second-order valence-corrected chi connectivity index (χ2v) is 6.06. The van der Waals surface area contributed by atoms with Crippen LogP contribution in [0.25, 0.3) is 6.08 Å². The van der Waals surface area contributed by atoms with Gasteiger partial charge in [0, 0.05) is 10.7 Å². The number of aliphatic imine (C=N–C) groups is 1. The van der Waals surface area contributed by atoms with E-state index in [-0.39, 0.29) is 0 Å². The van der Waals surface area contributed by atoms with E-state index in [2.05, 4.69) is 39.1 Å². The van der Waals surface area contributed by atoms with E-state index in [1.165, 1.54) is 42.1 Å². The number of nitrogens with zero attached hydrogens (tertiary/aromatic N) is 1. The van der Waals surface area contributed by atoms with Crippen molar-refractivity contribution in [2.75, 3.05) is 0 Å². The zero-order valence-electron chi connectivity index (χ0n) is 11.4. The summed E-state index contributed by atoms with van der Waals surface area (Å²) in [6, 6.07) is 6.58. The normalized spacial score (nSPS) is 18.1. The Morgan fingerprint density at radius 3 is 2.68 bits per heavy atom. The minimum Gasteiger partial charge on any atom is -0.387 e. The molecule has 1 saturated carbocycles. The Hall–Kier alpha value is -1.09. The van der Waals surface area contributed by atoms with Gasteiger partial charge in [0.1, 0.15) is 0 Å². The van der Waals surface area contributed by atoms with Crippen molar-refractivity contribution in [3.8, 4) is 0 Å². The van der Waals surface area contributed by atoms with Gasteiger partial charge < -0.3 is 5.73 Å². The molecule has 3 heteroatoms. The monoisotopic (exact) mass is 320 g/mol. The predicted molar refractivity (Wildman–Crippen MR) is 86.3 cm³/mol. The highest BCUT2D eigenvalue weighted by atomic mass is 79.9. The zero-order valence-corrected chi connectivity index (χ0v) is 13.0. The lowest BCUT2D eigenvalue weighted by Crippen LogP contribution is -2.05. The number of amidine groups is 1. The molecular formula is C16H21BrN2. The molecule has 19 heavy (non-hydrogen) atoms. The van der Waals surface area contributed by atoms with Crippen LogP contribution in [0.1, 0.15) is 56.1 Å². The van der Waals surface area contributed by atoms with Crippen LogP contribution in [0, 0.1) is 0 Å². The number of nitrogens with two attached hydrogens (primary N) is 1. The summed E-state index contributed by atoms with van der Waals surface area (Å²) >= 11 is 3.71. The first kappa shape index (κ1) is 14.3. The molecule has 1 aliphatic carbocycles. The highest BCUT2D eigenvalue weighted by Gasteiger charge is 2.17. The molecular weight excluding hydrogens is 300 g/mol. The van der Waals surface area contributed by atoms with Crippen LogP contribution in [0.4, 0.5) is 0 Å². The highest BCUT2D eigenvalue weighted by molar-refractivity contribution is 9.10. The van der Waals surface area contributed by atoms with Crippen LogP contribution < -0.4 is 5.73 Å². The third kappa shape index (κ3) is 4.20. The lowest BCUT2D eigenvalue weighted by molar-refractivity contribution is 0.442. The maximum absolute atomic E-state index is 5.50. The smallest absolute Gasteiger partial charge is 0.0957 e. The van der Waals surface area contributed by atoms with E-state index in [4.69, 9.17) is 5.73 Å². The van der Waals surface area contributed by atoms with Crippen LogP contribution in [0.2, 0.25) is 0 Å². The first-order valence-corrected chi connectivity index (χ1v) is 7.72. The van der Waals surface area contributed by atoms with Gasteiger partial charge in [0.15, 0.2) is 0 Å². The van der Waals surface area contributed by atoms with E-state index in [1.54, 1.807) is 13.1 Å². The van der Waals surface area contributed by atoms with Gasteiger partial charge in [0.05, 0.1) is 5.84 Å². The van der Waals surface area contributed by atoms with E-state index >= 15 is 0 Å². The predicted octanol–water partition coefficient (Wildman–Crippen LogP) is 4.84. The zero-order chi connectivity index (χ0) is 13.7. The van der Waals surface area contributed by atoms with Gasteiger partial charge in [-0.3, -0.25) is 0 Å². The third-order valence-electron chi connectivity index (χ3n) is 3.61. The molecule has 1 aliphatic rings. The van der Waals surface area contributed by atoms with E-state index in [1.807, 2.05) is 6.08 Å². The second kappa shape index (κ2) is 6.90. The van der Waals surface area contributed by atoms with Gasteiger partial charge in [-0.05, 0) is 49.0 Å². The van der Waals surface area contributed by atoms with E-state index in [0.29, 0.717) is 5.84 Å². The van der Waals surface area contributed by atoms with Crippen LogP contribution in [0.5, 0.6) is 0 Å². The fourth-order valence-corrected chi connectivity index (χ4v) is 3.35. The average Bonchev–Trinajstić information content (AvgIpc) is 2.39. The molecule has 1 aromatic rings. The summed E-state index contributed by atoms with van der Waals surface area (Å²) < 4.78 is 1.22. The maximum Gasteiger partial charge on any atom is 0.0957 e. The number of halogens is 1. The summed E-state index contributed by atoms with van der Waals surface area (Å²) in [5.41, 5.74) is 8.10. The SMILES string of the molecule is CC(N)=N/C=C/c1ccc(C2CCCCC2)c(Br)c1. The van der Waals surface area contributed by atoms with Crippen LogP contribution >= 0.6 is 15.9 Å². The molecule has 0 spiro atoms. The minimum absolute atomic E-state index is 0.578. The molecule has 0 atom stereocenters. The van der Waals surface area contributed by atoms with Gasteiger partial charge >= 0.3 is 0 Å². The van der Waals surface area contributed by atoms with E-state index in [9.17, 15) is 0 Å². The third-order valence-corrected chi connectivity index (χ3v) is 4.30. The van der Waals surface area contributed by atoms with E-state index in [0.717, 1.165) is 11.5 Å². The Morgan fingerprint density at radius 2 is 2.05 bits per heavy atom. The molecule has 0 heterocycles. The van der Waals surface area contributed by atoms with Crippen LogP contribution in [-0.4, -0.2) is 5.84 Å². The average molecular weight is 321 g/mol. The summed E-state index contributed by atoms with van der Waals surface area (Å²) in [6.07, 6.45) is 10.5. The molecule has 0 radical (unpaired) electrons. The van der Waals surface area contributed by atoms with Crippen LogP contribution in [0.3, 0.4) is 0 Å². The number of hydrogen-bond donors (Lipinski definition) is 1. The Balaban J connectivity index is 2.12. The van der Waals surface area contributed by atoms with Gasteiger partial charge in [-0.25, -0.2) is 4.99 Å². The lowest BCUT2D eigenvalue weighted by atomic mass is 9.84. The quantitative estimate of drug-likeness (QED) is 0.627. The van der Waals surface area contributed by atoms with Crippen molar-refractivity contribution in [1.82, 2.24) is 0 Å². The molecule has 0 saturated heterocycles. The largest absolute Gasteiger partial charge is 0.387 e. The summed E-state index contributed by atoms with van der Waals surface area (Å²) in [7, 11) is 0. The van der Waals surface area contributed by atoms with E-state index < -0.39 is 0 Å². The Morgan fingerprint density at radius 1 is 1.32 bits per heavy atom. The van der Waals surface area contributed by atoms with Gasteiger partial charge in [0.25, 0.3) is 0 Å². The molecule has 2 nitrogen and oxygen atoms in total. The molecule has 0 aromatic heterocycles. The molecule has 2 rings (SSSR count). The first-order chi connectivity index (χ1) is 9.16. The Bertz CT molecular complexity index is 482. The van der Waals surface area contributed by atoms with Crippen molar-refractivity contribution in [2.24, 2.45) is 10.7 Å². The maximum atomic E-state index is 5.50. The fourth-order valence-electron chi connectivity index (χ4n) is 2.63. The van der Waals surface area contributed by atoms with Crippen molar-refractivity contribution < 1.29 is 0 Å². The standard InChI is InChI=1S/C16H21BrN2/c1-12(18)19-10-9-13-7-8-15(16(17)11-13)14-5-3-2-4-6-14/h7-11,14H,2-6H2,1H3,(H2,18,19)/b10-9+. The van der Waals surface area contributed by atoms with Gasteiger partial charge in [0.2, 0.25) is 0 Å². The summed E-state index contributed by atoms with van der Waals surface area (Å²) in [6.45, 7) is 1.78. The molecule has 102 valence electrons. The van der Waals surface area contributed by atoms with Crippen molar-refractivity contribution in [2.45, 2.75) is 44.9 Å². The van der Waals surface area contributed by atoms with Crippen molar-refractivity contribution in [3.63, 3.8) is 0 Å². The number of rotatable bonds is 3. The second-order valence-electron chi connectivity index (χ2n) is 5.20. The van der Waals surface area contributed by atoms with Gasteiger partial charge in [-0.1, -0.05) is 47.3 Å². The molecule has 1 fully saturated rings. The summed E-state index contributed by atoms with van der Waals surface area (Å²) in [5, 5.41) is 0. The molecule has 0 amide bonds. The summed E-state index contributed by atoms with van der Waals surface area (Å²) in [5.74, 6) is 1.31.